The van der Waals surface area contributed by atoms with Crippen LogP contribution >= 0.6 is 12.4 Å². The number of carbonyl (C=O) groups is 1. The Morgan fingerprint density at radius 1 is 1.40 bits per heavy atom. The van der Waals surface area contributed by atoms with Crippen molar-refractivity contribution >= 4 is 18.3 Å². The molecule has 1 aliphatic heterocycles. The van der Waals surface area contributed by atoms with Crippen molar-refractivity contribution < 1.29 is 18.0 Å². The van der Waals surface area contributed by atoms with Crippen molar-refractivity contribution in [3.05, 3.63) is 41.7 Å². The molecule has 25 heavy (non-hydrogen) atoms. The van der Waals surface area contributed by atoms with Crippen molar-refractivity contribution in [2.45, 2.75) is 18.6 Å². The molecule has 1 aromatic carbocycles. The smallest absolute Gasteiger partial charge is 0.336 e. The molecular formula is C15H17ClF3N5O. The van der Waals surface area contributed by atoms with Gasteiger partial charge in [-0.05, 0) is 31.2 Å². The number of alkyl halides is 3. The second-order valence-electron chi connectivity index (χ2n) is 5.66. The third-order valence-corrected chi connectivity index (χ3v) is 4.05. The minimum absolute atomic E-state index is 0. The predicted octanol–water partition coefficient (Wildman–Crippen LogP) is 2.14. The van der Waals surface area contributed by atoms with Crippen LogP contribution in [-0.2, 0) is 6.18 Å². The molecule has 136 valence electrons. The number of benzene rings is 1. The van der Waals surface area contributed by atoms with Crippen molar-refractivity contribution in [1.82, 2.24) is 25.2 Å². The first-order valence-electron chi connectivity index (χ1n) is 7.44. The highest BCUT2D eigenvalue weighted by Gasteiger charge is 2.31. The van der Waals surface area contributed by atoms with Gasteiger partial charge in [0.05, 0.1) is 17.4 Å². The number of hydrogen-bond donors (Lipinski definition) is 1. The van der Waals surface area contributed by atoms with E-state index in [-0.39, 0.29) is 35.7 Å². The fraction of sp³-hybridized carbons (Fsp3) is 0.400. The molecule has 1 unspecified atom stereocenters. The minimum Gasteiger partial charge on any atom is -0.336 e. The predicted molar refractivity (Wildman–Crippen MR) is 87.0 cm³/mol. The molecule has 1 fully saturated rings. The van der Waals surface area contributed by atoms with Gasteiger partial charge in [0.1, 0.15) is 0 Å². The molecule has 10 heteroatoms. The van der Waals surface area contributed by atoms with Crippen LogP contribution < -0.4 is 5.32 Å². The first-order chi connectivity index (χ1) is 11.4. The van der Waals surface area contributed by atoms with Crippen LogP contribution in [0.15, 0.2) is 30.5 Å². The van der Waals surface area contributed by atoms with Crippen molar-refractivity contribution in [2.75, 3.05) is 20.1 Å². The van der Waals surface area contributed by atoms with E-state index in [0.29, 0.717) is 6.54 Å². The average Bonchev–Trinajstić information content (AvgIpc) is 3.24. The zero-order valence-corrected chi connectivity index (χ0v) is 14.1. The number of rotatable bonds is 3. The normalized spacial score (nSPS) is 17.2. The Morgan fingerprint density at radius 3 is 2.80 bits per heavy atom. The lowest BCUT2D eigenvalue weighted by molar-refractivity contribution is -0.137. The van der Waals surface area contributed by atoms with Crippen molar-refractivity contribution in [2.24, 2.45) is 0 Å². The summed E-state index contributed by atoms with van der Waals surface area (Å²) in [6.45, 7) is 1.56. The van der Waals surface area contributed by atoms with E-state index < -0.39 is 11.7 Å². The summed E-state index contributed by atoms with van der Waals surface area (Å²) >= 11 is 0. The Balaban J connectivity index is 0.00000225. The summed E-state index contributed by atoms with van der Waals surface area (Å²) < 4.78 is 39.5. The molecule has 1 aliphatic rings. The molecule has 1 atom stereocenters. The molecule has 0 saturated carbocycles. The molecule has 0 radical (unpaired) electrons. The van der Waals surface area contributed by atoms with E-state index in [4.69, 9.17) is 0 Å². The highest BCUT2D eigenvalue weighted by Crippen LogP contribution is 2.30. The Bertz CT molecular complexity index is 743. The number of amides is 1. The molecule has 6 nitrogen and oxygen atoms in total. The van der Waals surface area contributed by atoms with Gasteiger partial charge in [-0.1, -0.05) is 11.3 Å². The van der Waals surface area contributed by atoms with Crippen LogP contribution in [0.2, 0.25) is 0 Å². The van der Waals surface area contributed by atoms with Crippen LogP contribution in [0.3, 0.4) is 0 Å². The third-order valence-electron chi connectivity index (χ3n) is 4.05. The Hall–Kier alpha value is -2.13. The minimum atomic E-state index is -4.44. The van der Waals surface area contributed by atoms with Crippen molar-refractivity contribution in [3.8, 4) is 5.69 Å². The number of nitrogens with zero attached hydrogens (tertiary/aromatic N) is 4. The van der Waals surface area contributed by atoms with Gasteiger partial charge in [-0.25, -0.2) is 4.68 Å². The van der Waals surface area contributed by atoms with Gasteiger partial charge in [0.2, 0.25) is 0 Å². The van der Waals surface area contributed by atoms with Gasteiger partial charge >= 0.3 is 6.18 Å². The molecule has 3 rings (SSSR count). The van der Waals surface area contributed by atoms with Gasteiger partial charge in [0.15, 0.2) is 5.69 Å². The molecule has 1 N–H and O–H groups in total. The van der Waals surface area contributed by atoms with Crippen LogP contribution in [-0.4, -0.2) is 52.0 Å². The van der Waals surface area contributed by atoms with Gasteiger partial charge in [-0.2, -0.15) is 13.2 Å². The lowest BCUT2D eigenvalue weighted by Gasteiger charge is -2.22. The monoisotopic (exact) mass is 375 g/mol. The van der Waals surface area contributed by atoms with Crippen LogP contribution in [0.4, 0.5) is 13.2 Å². The van der Waals surface area contributed by atoms with E-state index in [1.807, 2.05) is 0 Å². The Kier molecular flexibility index (Phi) is 5.69. The van der Waals surface area contributed by atoms with Crippen LogP contribution in [0.25, 0.3) is 5.69 Å². The fourth-order valence-electron chi connectivity index (χ4n) is 2.63. The first-order valence-corrected chi connectivity index (χ1v) is 7.44. The zero-order chi connectivity index (χ0) is 17.3. The number of nitrogens with one attached hydrogen (secondary N) is 1. The number of halogens is 4. The number of carbonyl (C=O) groups excluding carboxylic acids is 1. The lowest BCUT2D eigenvalue weighted by Crippen LogP contribution is -2.38. The van der Waals surface area contributed by atoms with Gasteiger partial charge in [-0.15, -0.1) is 17.5 Å². The third kappa shape index (κ3) is 4.10. The quantitative estimate of drug-likeness (QED) is 0.892. The standard InChI is InChI=1S/C15H16F3N5O.ClH/c1-22(12-5-6-19-8-12)14(24)13-9-23(21-20-13)11-4-2-3-10(7-11)15(16,17)18;/h2-4,7,9,12,19H,5-6,8H2,1H3;1H. The fourth-order valence-corrected chi connectivity index (χ4v) is 2.63. The number of hydrogen-bond acceptors (Lipinski definition) is 4. The SMILES string of the molecule is CN(C(=O)c1cn(-c2cccc(C(F)(F)F)c2)nn1)C1CCNC1.Cl. The topological polar surface area (TPSA) is 63.1 Å². The summed E-state index contributed by atoms with van der Waals surface area (Å²) in [6.07, 6.45) is -2.24. The van der Waals surface area contributed by atoms with Crippen molar-refractivity contribution in [3.63, 3.8) is 0 Å². The van der Waals surface area contributed by atoms with Crippen LogP contribution in [0.1, 0.15) is 22.5 Å². The van der Waals surface area contributed by atoms with E-state index in [1.54, 1.807) is 11.9 Å². The van der Waals surface area contributed by atoms with Crippen LogP contribution in [0, 0.1) is 0 Å². The van der Waals surface area contributed by atoms with Gasteiger partial charge in [0.25, 0.3) is 5.91 Å². The molecule has 0 spiro atoms. The van der Waals surface area contributed by atoms with E-state index in [9.17, 15) is 18.0 Å². The summed E-state index contributed by atoms with van der Waals surface area (Å²) in [6, 6.07) is 4.79. The summed E-state index contributed by atoms with van der Waals surface area (Å²) in [7, 11) is 1.68. The average molecular weight is 376 g/mol. The highest BCUT2D eigenvalue weighted by atomic mass is 35.5. The number of aromatic nitrogens is 3. The van der Waals surface area contributed by atoms with E-state index >= 15 is 0 Å². The second-order valence-corrected chi connectivity index (χ2v) is 5.66. The molecule has 1 amide bonds. The maximum atomic E-state index is 12.8. The summed E-state index contributed by atoms with van der Waals surface area (Å²) in [5.74, 6) is -0.304. The summed E-state index contributed by atoms with van der Waals surface area (Å²) in [4.78, 5) is 14.0. The molecule has 0 bridgehead atoms. The molecule has 1 saturated heterocycles. The summed E-state index contributed by atoms with van der Waals surface area (Å²) in [5.41, 5.74) is -0.485. The molecule has 1 aromatic heterocycles. The molecule has 2 aromatic rings. The Morgan fingerprint density at radius 2 is 2.16 bits per heavy atom. The first kappa shape index (κ1) is 19.2. The van der Waals surface area contributed by atoms with Crippen molar-refractivity contribution in [1.29, 1.82) is 0 Å². The molecule has 2 heterocycles. The van der Waals surface area contributed by atoms with Gasteiger partial charge < -0.3 is 10.2 Å². The lowest BCUT2D eigenvalue weighted by atomic mass is 10.2. The molecule has 0 aliphatic carbocycles. The largest absolute Gasteiger partial charge is 0.416 e. The second kappa shape index (κ2) is 7.40. The van der Waals surface area contributed by atoms with E-state index in [0.717, 1.165) is 25.1 Å². The van der Waals surface area contributed by atoms with E-state index in [1.165, 1.54) is 23.0 Å². The van der Waals surface area contributed by atoms with Gasteiger partial charge in [0, 0.05) is 19.6 Å². The highest BCUT2D eigenvalue weighted by molar-refractivity contribution is 5.92. The maximum Gasteiger partial charge on any atom is 0.416 e. The molecular weight excluding hydrogens is 359 g/mol. The zero-order valence-electron chi connectivity index (χ0n) is 13.3. The van der Waals surface area contributed by atoms with Crippen LogP contribution in [0.5, 0.6) is 0 Å². The Labute approximate surface area is 148 Å². The van der Waals surface area contributed by atoms with E-state index in [2.05, 4.69) is 15.6 Å². The number of likely N-dealkylation sites (N-methyl/N-ethyl adjacent to an activating group) is 1. The summed E-state index contributed by atoms with van der Waals surface area (Å²) in [5, 5.41) is 10.7. The van der Waals surface area contributed by atoms with Gasteiger partial charge in [-0.3, -0.25) is 4.79 Å². The maximum absolute atomic E-state index is 12.8.